The van der Waals surface area contributed by atoms with Crippen molar-refractivity contribution in [3.63, 3.8) is 0 Å². The van der Waals surface area contributed by atoms with Gasteiger partial charge >= 0.3 is 0 Å². The lowest BCUT2D eigenvalue weighted by atomic mass is 10.2. The average Bonchev–Trinajstić information content (AvgIpc) is 2.91. The van der Waals surface area contributed by atoms with E-state index in [1.807, 2.05) is 35.2 Å². The molecule has 0 aliphatic carbocycles. The van der Waals surface area contributed by atoms with Gasteiger partial charge in [-0.05, 0) is 30.3 Å². The van der Waals surface area contributed by atoms with Gasteiger partial charge in [0.15, 0.2) is 0 Å². The van der Waals surface area contributed by atoms with E-state index in [4.69, 9.17) is 16.9 Å². The van der Waals surface area contributed by atoms with Gasteiger partial charge in [-0.1, -0.05) is 11.6 Å². The molecule has 1 heterocycles. The Bertz CT molecular complexity index is 733. The summed E-state index contributed by atoms with van der Waals surface area (Å²) in [6, 6.07) is 9.66. The van der Waals surface area contributed by atoms with Crippen LogP contribution in [0.4, 0.5) is 0 Å². The molecule has 0 unspecified atom stereocenters. The van der Waals surface area contributed by atoms with Crippen molar-refractivity contribution in [2.75, 3.05) is 6.54 Å². The zero-order chi connectivity index (χ0) is 14.6. The molecule has 1 N–H and O–H groups in total. The Balaban J connectivity index is 2.06. The molecule has 2 aromatic rings. The SMILES string of the molecule is N#Cc1ccc(S(=O)(=O)NCCn2cccc2)cc1Cl. The quantitative estimate of drug-likeness (QED) is 0.917. The summed E-state index contributed by atoms with van der Waals surface area (Å²) >= 11 is 5.83. The second-order valence-corrected chi connectivity index (χ2v) is 6.25. The van der Waals surface area contributed by atoms with Crippen molar-refractivity contribution < 1.29 is 8.42 Å². The Labute approximate surface area is 122 Å². The number of rotatable bonds is 5. The van der Waals surface area contributed by atoms with E-state index in [-0.39, 0.29) is 22.0 Å². The van der Waals surface area contributed by atoms with Crippen LogP contribution in [0.5, 0.6) is 0 Å². The zero-order valence-electron chi connectivity index (χ0n) is 10.5. The highest BCUT2D eigenvalue weighted by atomic mass is 35.5. The zero-order valence-corrected chi connectivity index (χ0v) is 12.0. The molecule has 0 fully saturated rings. The van der Waals surface area contributed by atoms with Gasteiger partial charge in [0, 0.05) is 25.5 Å². The molecule has 0 radical (unpaired) electrons. The second kappa shape index (κ2) is 6.09. The van der Waals surface area contributed by atoms with Crippen molar-refractivity contribution in [1.29, 1.82) is 5.26 Å². The van der Waals surface area contributed by atoms with Gasteiger partial charge < -0.3 is 4.57 Å². The third-order valence-corrected chi connectivity index (χ3v) is 4.47. The Morgan fingerprint density at radius 3 is 2.60 bits per heavy atom. The van der Waals surface area contributed by atoms with E-state index in [9.17, 15) is 8.42 Å². The Kier molecular flexibility index (Phi) is 4.45. The first-order valence-corrected chi connectivity index (χ1v) is 7.69. The van der Waals surface area contributed by atoms with Crippen LogP contribution in [0.1, 0.15) is 5.56 Å². The van der Waals surface area contributed by atoms with Crippen LogP contribution in [0.15, 0.2) is 47.6 Å². The highest BCUT2D eigenvalue weighted by Gasteiger charge is 2.15. The van der Waals surface area contributed by atoms with Gasteiger partial charge in [0.1, 0.15) is 6.07 Å². The van der Waals surface area contributed by atoms with Crippen molar-refractivity contribution >= 4 is 21.6 Å². The lowest BCUT2D eigenvalue weighted by Gasteiger charge is -2.08. The van der Waals surface area contributed by atoms with Crippen LogP contribution in [0.2, 0.25) is 5.02 Å². The molecule has 0 aliphatic rings. The first-order valence-electron chi connectivity index (χ1n) is 5.83. The Hall–Kier alpha value is -1.81. The van der Waals surface area contributed by atoms with Crippen LogP contribution in [0.3, 0.4) is 0 Å². The molecule has 1 aromatic heterocycles. The third-order valence-electron chi connectivity index (χ3n) is 2.70. The van der Waals surface area contributed by atoms with Crippen LogP contribution in [-0.2, 0) is 16.6 Å². The van der Waals surface area contributed by atoms with E-state index in [2.05, 4.69) is 4.72 Å². The monoisotopic (exact) mass is 309 g/mol. The maximum absolute atomic E-state index is 12.1. The van der Waals surface area contributed by atoms with Crippen LogP contribution in [-0.4, -0.2) is 19.5 Å². The van der Waals surface area contributed by atoms with Gasteiger partial charge in [0.2, 0.25) is 10.0 Å². The summed E-state index contributed by atoms with van der Waals surface area (Å²) in [5.41, 5.74) is 0.248. The van der Waals surface area contributed by atoms with Crippen LogP contribution in [0, 0.1) is 11.3 Å². The number of benzene rings is 1. The second-order valence-electron chi connectivity index (χ2n) is 4.07. The number of sulfonamides is 1. The summed E-state index contributed by atoms with van der Waals surface area (Å²) < 4.78 is 28.5. The molecule has 1 aromatic carbocycles. The van der Waals surface area contributed by atoms with Crippen LogP contribution >= 0.6 is 11.6 Å². The number of nitrogens with zero attached hydrogens (tertiary/aromatic N) is 2. The first-order chi connectivity index (χ1) is 9.53. The highest BCUT2D eigenvalue weighted by molar-refractivity contribution is 7.89. The van der Waals surface area contributed by atoms with Crippen LogP contribution < -0.4 is 4.72 Å². The van der Waals surface area contributed by atoms with Crippen molar-refractivity contribution in [2.24, 2.45) is 0 Å². The summed E-state index contributed by atoms with van der Waals surface area (Å²) in [5.74, 6) is 0. The summed E-state index contributed by atoms with van der Waals surface area (Å²) in [6.45, 7) is 0.810. The molecule has 0 atom stereocenters. The largest absolute Gasteiger partial charge is 0.353 e. The first kappa shape index (κ1) is 14.6. The number of halogens is 1. The fraction of sp³-hybridized carbons (Fsp3) is 0.154. The molecular formula is C13H12ClN3O2S. The molecule has 0 amide bonds. The third kappa shape index (κ3) is 3.39. The summed E-state index contributed by atoms with van der Waals surface area (Å²) in [4.78, 5) is 0.0500. The summed E-state index contributed by atoms with van der Waals surface area (Å²) in [6.07, 6.45) is 3.71. The molecule has 0 bridgehead atoms. The maximum Gasteiger partial charge on any atom is 0.240 e. The molecule has 7 heteroatoms. The van der Waals surface area contributed by atoms with Crippen molar-refractivity contribution in [3.8, 4) is 6.07 Å². The number of hydrogen-bond donors (Lipinski definition) is 1. The van der Waals surface area contributed by atoms with E-state index < -0.39 is 10.0 Å². The molecule has 104 valence electrons. The van der Waals surface area contributed by atoms with Crippen molar-refractivity contribution in [2.45, 2.75) is 11.4 Å². The minimum Gasteiger partial charge on any atom is -0.353 e. The summed E-state index contributed by atoms with van der Waals surface area (Å²) in [5, 5.41) is 8.88. The smallest absolute Gasteiger partial charge is 0.240 e. The van der Waals surface area contributed by atoms with Gasteiger partial charge in [0.05, 0.1) is 15.5 Å². The van der Waals surface area contributed by atoms with E-state index in [1.54, 1.807) is 0 Å². The predicted octanol–water partition coefficient (Wildman–Crippen LogP) is 1.99. The highest BCUT2D eigenvalue weighted by Crippen LogP contribution is 2.19. The number of hydrogen-bond acceptors (Lipinski definition) is 3. The molecule has 2 rings (SSSR count). The predicted molar refractivity (Wildman–Crippen MR) is 75.8 cm³/mol. The topological polar surface area (TPSA) is 74.9 Å². The lowest BCUT2D eigenvalue weighted by molar-refractivity contribution is 0.573. The van der Waals surface area contributed by atoms with Gasteiger partial charge in [-0.15, -0.1) is 0 Å². The van der Waals surface area contributed by atoms with Gasteiger partial charge in [-0.3, -0.25) is 0 Å². The maximum atomic E-state index is 12.1. The molecular weight excluding hydrogens is 298 g/mol. The van der Waals surface area contributed by atoms with Gasteiger partial charge in [-0.2, -0.15) is 5.26 Å². The van der Waals surface area contributed by atoms with E-state index in [1.165, 1.54) is 18.2 Å². The minimum absolute atomic E-state index is 0.0500. The summed E-state index contributed by atoms with van der Waals surface area (Å²) in [7, 11) is -3.62. The fourth-order valence-corrected chi connectivity index (χ4v) is 3.00. The lowest BCUT2D eigenvalue weighted by Crippen LogP contribution is -2.27. The molecule has 0 saturated heterocycles. The number of nitrogens with one attached hydrogen (secondary N) is 1. The molecule has 0 saturated carbocycles. The molecule has 20 heavy (non-hydrogen) atoms. The van der Waals surface area contributed by atoms with Gasteiger partial charge in [0.25, 0.3) is 0 Å². The fourth-order valence-electron chi connectivity index (χ4n) is 1.67. The van der Waals surface area contributed by atoms with Gasteiger partial charge in [-0.25, -0.2) is 13.1 Å². The Morgan fingerprint density at radius 2 is 2.00 bits per heavy atom. The molecule has 0 aliphatic heterocycles. The minimum atomic E-state index is -3.62. The normalized spacial score (nSPS) is 11.2. The molecule has 5 nitrogen and oxygen atoms in total. The van der Waals surface area contributed by atoms with E-state index in [0.29, 0.717) is 6.54 Å². The number of aromatic nitrogens is 1. The average molecular weight is 310 g/mol. The Morgan fingerprint density at radius 1 is 1.30 bits per heavy atom. The van der Waals surface area contributed by atoms with E-state index in [0.717, 1.165) is 0 Å². The van der Waals surface area contributed by atoms with Crippen molar-refractivity contribution in [1.82, 2.24) is 9.29 Å². The van der Waals surface area contributed by atoms with Crippen molar-refractivity contribution in [3.05, 3.63) is 53.3 Å². The van der Waals surface area contributed by atoms with Crippen LogP contribution in [0.25, 0.3) is 0 Å². The van der Waals surface area contributed by atoms with E-state index >= 15 is 0 Å². The standard InChI is InChI=1S/C13H12ClN3O2S/c14-13-9-12(4-3-11(13)10-15)20(18,19)16-5-8-17-6-1-2-7-17/h1-4,6-7,9,16H,5,8H2. The molecule has 0 spiro atoms. The number of nitriles is 1.